The molecule has 2 rings (SSSR count). The monoisotopic (exact) mass is 278 g/mol. The minimum atomic E-state index is -0.447. The van der Waals surface area contributed by atoms with Gasteiger partial charge in [0.1, 0.15) is 11.4 Å². The minimum absolute atomic E-state index is 0.257. The zero-order valence-electron chi connectivity index (χ0n) is 12.2. The van der Waals surface area contributed by atoms with Crippen molar-refractivity contribution in [1.29, 1.82) is 0 Å². The van der Waals surface area contributed by atoms with E-state index in [0.29, 0.717) is 19.6 Å². The highest BCUT2D eigenvalue weighted by Gasteiger charge is 2.33. The Labute approximate surface area is 119 Å². The van der Waals surface area contributed by atoms with E-state index in [0.717, 1.165) is 5.56 Å². The Kier molecular flexibility index (Phi) is 4.18. The van der Waals surface area contributed by atoms with Crippen molar-refractivity contribution in [3.8, 4) is 5.75 Å². The van der Waals surface area contributed by atoms with Gasteiger partial charge in [-0.1, -0.05) is 12.1 Å². The molecule has 0 atom stereocenters. The fourth-order valence-corrected chi connectivity index (χ4v) is 2.01. The van der Waals surface area contributed by atoms with Gasteiger partial charge in [-0.25, -0.2) is 4.79 Å². The molecule has 1 aliphatic heterocycles. The van der Waals surface area contributed by atoms with Gasteiger partial charge in [-0.15, -0.1) is 0 Å². The standard InChI is InChI=1S/C15H22N2O3/c1-15(2,3)20-14(19)17-9-12(10-17)16-8-11-5-4-6-13(18)7-11/h4-7,12,16,18H,8-10H2,1-3H3. The molecule has 1 fully saturated rings. The maximum Gasteiger partial charge on any atom is 0.410 e. The fraction of sp³-hybridized carbons (Fsp3) is 0.533. The van der Waals surface area contributed by atoms with Gasteiger partial charge in [0.2, 0.25) is 0 Å². The van der Waals surface area contributed by atoms with Gasteiger partial charge in [0.15, 0.2) is 0 Å². The summed E-state index contributed by atoms with van der Waals surface area (Å²) in [5.41, 5.74) is 0.581. The van der Waals surface area contributed by atoms with Gasteiger partial charge in [-0.05, 0) is 38.5 Å². The Balaban J connectivity index is 1.71. The summed E-state index contributed by atoms with van der Waals surface area (Å²) < 4.78 is 5.29. The predicted octanol–water partition coefficient (Wildman–Crippen LogP) is 2.10. The summed E-state index contributed by atoms with van der Waals surface area (Å²) in [5, 5.41) is 12.7. The average Bonchev–Trinajstić information content (AvgIpc) is 2.24. The lowest BCUT2D eigenvalue weighted by atomic mass is 10.1. The van der Waals surface area contributed by atoms with Gasteiger partial charge in [-0.3, -0.25) is 0 Å². The number of likely N-dealkylation sites (tertiary alicyclic amines) is 1. The third-order valence-electron chi connectivity index (χ3n) is 3.04. The second-order valence-electron chi connectivity index (χ2n) is 6.13. The van der Waals surface area contributed by atoms with E-state index < -0.39 is 5.60 Å². The molecule has 1 aromatic rings. The number of ether oxygens (including phenoxy) is 1. The molecule has 2 N–H and O–H groups in total. The van der Waals surface area contributed by atoms with Crippen molar-refractivity contribution in [1.82, 2.24) is 10.2 Å². The summed E-state index contributed by atoms with van der Waals surface area (Å²) in [6.07, 6.45) is -0.257. The number of phenols is 1. The van der Waals surface area contributed by atoms with Gasteiger partial charge in [0.05, 0.1) is 0 Å². The lowest BCUT2D eigenvalue weighted by molar-refractivity contribution is 0.00519. The largest absolute Gasteiger partial charge is 0.508 e. The summed E-state index contributed by atoms with van der Waals surface area (Å²) in [4.78, 5) is 13.4. The number of phenolic OH excluding ortho intramolecular Hbond substituents is 1. The highest BCUT2D eigenvalue weighted by Crippen LogP contribution is 2.16. The lowest BCUT2D eigenvalue weighted by Crippen LogP contribution is -2.60. The molecule has 1 amide bonds. The molecule has 20 heavy (non-hydrogen) atoms. The summed E-state index contributed by atoms with van der Waals surface area (Å²) >= 11 is 0. The molecule has 110 valence electrons. The number of carbonyl (C=O) groups is 1. The van der Waals surface area contributed by atoms with Crippen LogP contribution in [0.3, 0.4) is 0 Å². The normalized spacial score (nSPS) is 15.8. The molecule has 0 spiro atoms. The van der Waals surface area contributed by atoms with Crippen LogP contribution >= 0.6 is 0 Å². The molecule has 0 unspecified atom stereocenters. The summed E-state index contributed by atoms with van der Waals surface area (Å²) in [6, 6.07) is 7.44. The van der Waals surface area contributed by atoms with Crippen molar-refractivity contribution < 1.29 is 14.6 Å². The van der Waals surface area contributed by atoms with E-state index in [1.807, 2.05) is 32.9 Å². The Morgan fingerprint density at radius 1 is 1.45 bits per heavy atom. The van der Waals surface area contributed by atoms with Crippen LogP contribution in [0.5, 0.6) is 5.75 Å². The number of aromatic hydroxyl groups is 1. The molecule has 1 aliphatic rings. The first-order valence-electron chi connectivity index (χ1n) is 6.83. The number of nitrogens with one attached hydrogen (secondary N) is 1. The molecule has 0 aromatic heterocycles. The van der Waals surface area contributed by atoms with Crippen molar-refractivity contribution in [2.75, 3.05) is 13.1 Å². The van der Waals surface area contributed by atoms with Crippen molar-refractivity contribution in [3.05, 3.63) is 29.8 Å². The molecule has 0 saturated carbocycles. The smallest absolute Gasteiger partial charge is 0.410 e. The third-order valence-corrected chi connectivity index (χ3v) is 3.04. The molecular weight excluding hydrogens is 256 g/mol. The molecule has 0 aliphatic carbocycles. The maximum atomic E-state index is 11.7. The minimum Gasteiger partial charge on any atom is -0.508 e. The summed E-state index contributed by atoms with van der Waals surface area (Å²) in [7, 11) is 0. The van der Waals surface area contributed by atoms with E-state index in [1.54, 1.807) is 17.0 Å². The summed E-state index contributed by atoms with van der Waals surface area (Å²) in [6.45, 7) is 7.59. The van der Waals surface area contributed by atoms with E-state index in [1.165, 1.54) is 0 Å². The van der Waals surface area contributed by atoms with Crippen LogP contribution in [0.25, 0.3) is 0 Å². The van der Waals surface area contributed by atoms with Crippen LogP contribution in [0.2, 0.25) is 0 Å². The molecule has 5 heteroatoms. The van der Waals surface area contributed by atoms with Crippen LogP contribution in [0.15, 0.2) is 24.3 Å². The van der Waals surface area contributed by atoms with Crippen LogP contribution in [0.4, 0.5) is 4.79 Å². The molecule has 1 aromatic carbocycles. The van der Waals surface area contributed by atoms with E-state index in [9.17, 15) is 9.90 Å². The number of rotatable bonds is 3. The molecule has 0 bridgehead atoms. The van der Waals surface area contributed by atoms with E-state index in [-0.39, 0.29) is 17.9 Å². The molecule has 1 heterocycles. The zero-order valence-corrected chi connectivity index (χ0v) is 12.2. The van der Waals surface area contributed by atoms with Crippen LogP contribution in [0, 0.1) is 0 Å². The predicted molar refractivity (Wildman–Crippen MR) is 76.5 cm³/mol. The van der Waals surface area contributed by atoms with Gasteiger partial charge in [0, 0.05) is 25.7 Å². The fourth-order valence-electron chi connectivity index (χ4n) is 2.01. The SMILES string of the molecule is CC(C)(C)OC(=O)N1CC(NCc2cccc(O)c2)C1. The van der Waals surface area contributed by atoms with Crippen molar-refractivity contribution in [2.24, 2.45) is 0 Å². The summed E-state index contributed by atoms with van der Waals surface area (Å²) in [5.74, 6) is 0.272. The van der Waals surface area contributed by atoms with Gasteiger partial charge in [-0.2, -0.15) is 0 Å². The van der Waals surface area contributed by atoms with Crippen LogP contribution in [-0.4, -0.2) is 40.8 Å². The first-order valence-corrected chi connectivity index (χ1v) is 6.83. The number of nitrogens with zero attached hydrogens (tertiary/aromatic N) is 1. The molecule has 0 radical (unpaired) electrons. The molecule has 1 saturated heterocycles. The van der Waals surface area contributed by atoms with Crippen molar-refractivity contribution in [2.45, 2.75) is 39.0 Å². The topological polar surface area (TPSA) is 61.8 Å². The number of hydrogen-bond donors (Lipinski definition) is 2. The van der Waals surface area contributed by atoms with Gasteiger partial charge < -0.3 is 20.1 Å². The highest BCUT2D eigenvalue weighted by atomic mass is 16.6. The number of carbonyl (C=O) groups excluding carboxylic acids is 1. The van der Waals surface area contributed by atoms with E-state index in [4.69, 9.17) is 4.74 Å². The van der Waals surface area contributed by atoms with Crippen LogP contribution < -0.4 is 5.32 Å². The van der Waals surface area contributed by atoms with E-state index >= 15 is 0 Å². The van der Waals surface area contributed by atoms with Gasteiger partial charge >= 0.3 is 6.09 Å². The zero-order chi connectivity index (χ0) is 14.8. The first kappa shape index (κ1) is 14.7. The van der Waals surface area contributed by atoms with E-state index in [2.05, 4.69) is 5.32 Å². The average molecular weight is 278 g/mol. The first-order chi connectivity index (χ1) is 9.33. The third kappa shape index (κ3) is 4.13. The highest BCUT2D eigenvalue weighted by molar-refractivity contribution is 5.69. The molecule has 5 nitrogen and oxygen atoms in total. The quantitative estimate of drug-likeness (QED) is 0.889. The Hall–Kier alpha value is -1.75. The maximum absolute atomic E-state index is 11.7. The number of hydrogen-bond acceptors (Lipinski definition) is 4. The number of amides is 1. The lowest BCUT2D eigenvalue weighted by Gasteiger charge is -2.40. The second kappa shape index (κ2) is 5.71. The Morgan fingerprint density at radius 2 is 2.15 bits per heavy atom. The second-order valence-corrected chi connectivity index (χ2v) is 6.13. The molecular formula is C15H22N2O3. The number of benzene rings is 1. The van der Waals surface area contributed by atoms with Gasteiger partial charge in [0.25, 0.3) is 0 Å². The Bertz CT molecular complexity index is 476. The van der Waals surface area contributed by atoms with Crippen LogP contribution in [-0.2, 0) is 11.3 Å². The Morgan fingerprint density at radius 3 is 2.75 bits per heavy atom. The van der Waals surface area contributed by atoms with Crippen molar-refractivity contribution >= 4 is 6.09 Å². The van der Waals surface area contributed by atoms with Crippen LogP contribution in [0.1, 0.15) is 26.3 Å². The van der Waals surface area contributed by atoms with Crippen molar-refractivity contribution in [3.63, 3.8) is 0 Å².